The third-order valence-corrected chi connectivity index (χ3v) is 5.75. The summed E-state index contributed by atoms with van der Waals surface area (Å²) in [6.07, 6.45) is 3.68. The molecule has 0 aliphatic carbocycles. The molecule has 29 heavy (non-hydrogen) atoms. The molecule has 142 valence electrons. The standard InChI is InChI=1S/C23H19AsN4O/c1-2-29-23-27-20(21-22(24)25-12-13-28(21)23)17-9-8-16-10-11-18(26-19(16)14-17)15-6-4-3-5-7-15/h3-14H,2,24H2,1H3. The molecular formula is C23H19AsN4O. The zero-order valence-corrected chi connectivity index (χ0v) is 18.3. The van der Waals surface area contributed by atoms with Crippen LogP contribution in [0.5, 0.6) is 6.01 Å². The number of nitrogens with zero attached hydrogens (tertiary/aromatic N) is 4. The minimum atomic E-state index is 0.560. The van der Waals surface area contributed by atoms with Crippen molar-refractivity contribution < 1.29 is 4.74 Å². The van der Waals surface area contributed by atoms with Crippen molar-refractivity contribution >= 4 is 37.8 Å². The van der Waals surface area contributed by atoms with E-state index in [1.165, 1.54) is 16.9 Å². The van der Waals surface area contributed by atoms with Crippen LogP contribution in [0, 0.1) is 0 Å². The van der Waals surface area contributed by atoms with Gasteiger partial charge in [0, 0.05) is 0 Å². The molecule has 0 saturated carbocycles. The van der Waals surface area contributed by atoms with Crippen LogP contribution in [0.25, 0.3) is 38.9 Å². The molecule has 1 atom stereocenters. The van der Waals surface area contributed by atoms with E-state index in [9.17, 15) is 0 Å². The van der Waals surface area contributed by atoms with Crippen LogP contribution in [0.1, 0.15) is 6.92 Å². The summed E-state index contributed by atoms with van der Waals surface area (Å²) in [6, 6.07) is 21.3. The van der Waals surface area contributed by atoms with Gasteiger partial charge in [-0.05, 0) is 0 Å². The number of benzene rings is 2. The normalized spacial score (nSPS) is 11.2. The van der Waals surface area contributed by atoms with Gasteiger partial charge in [-0.2, -0.15) is 0 Å². The van der Waals surface area contributed by atoms with E-state index in [0.717, 1.165) is 43.4 Å². The van der Waals surface area contributed by atoms with Crippen molar-refractivity contribution in [3.05, 3.63) is 73.1 Å². The van der Waals surface area contributed by atoms with E-state index in [0.29, 0.717) is 12.6 Å². The Bertz CT molecular complexity index is 1330. The molecule has 0 saturated heterocycles. The van der Waals surface area contributed by atoms with Gasteiger partial charge < -0.3 is 0 Å². The first-order chi connectivity index (χ1) is 14.2. The number of rotatable bonds is 4. The molecule has 0 radical (unpaired) electrons. The van der Waals surface area contributed by atoms with Crippen LogP contribution < -0.4 is 9.22 Å². The molecule has 5 rings (SSSR count). The van der Waals surface area contributed by atoms with Gasteiger partial charge >= 0.3 is 177 Å². The molecule has 5 aromatic rings. The van der Waals surface area contributed by atoms with Crippen molar-refractivity contribution in [2.75, 3.05) is 6.61 Å². The predicted molar refractivity (Wildman–Crippen MR) is 119 cm³/mol. The van der Waals surface area contributed by atoms with E-state index in [1.54, 1.807) is 6.20 Å². The summed E-state index contributed by atoms with van der Waals surface area (Å²) in [7, 11) is 0. The first-order valence-corrected chi connectivity index (χ1v) is 10.7. The van der Waals surface area contributed by atoms with Crippen molar-refractivity contribution in [2.45, 2.75) is 6.92 Å². The third kappa shape index (κ3) is 3.18. The first kappa shape index (κ1) is 17.9. The summed E-state index contributed by atoms with van der Waals surface area (Å²) in [5, 5.41) is 1.10. The van der Waals surface area contributed by atoms with Crippen LogP contribution in [0.3, 0.4) is 0 Å². The molecule has 0 fully saturated rings. The van der Waals surface area contributed by atoms with Crippen molar-refractivity contribution in [3.8, 4) is 28.5 Å². The Labute approximate surface area is 176 Å². The van der Waals surface area contributed by atoms with Crippen molar-refractivity contribution in [2.24, 2.45) is 0 Å². The summed E-state index contributed by atoms with van der Waals surface area (Å²) >= 11 is 1.47. The number of hydrogen-bond donors (Lipinski definition) is 0. The van der Waals surface area contributed by atoms with E-state index < -0.39 is 0 Å². The molecule has 3 aromatic heterocycles. The molecular weight excluding hydrogens is 423 g/mol. The molecule has 0 N–H and O–H groups in total. The van der Waals surface area contributed by atoms with Gasteiger partial charge in [0.1, 0.15) is 0 Å². The second kappa shape index (κ2) is 7.34. The Morgan fingerprint density at radius 3 is 2.62 bits per heavy atom. The summed E-state index contributed by atoms with van der Waals surface area (Å²) in [4.78, 5) is 14.2. The van der Waals surface area contributed by atoms with E-state index in [-0.39, 0.29) is 0 Å². The summed E-state index contributed by atoms with van der Waals surface area (Å²) in [6.45, 7) is 2.52. The second-order valence-corrected chi connectivity index (χ2v) is 7.82. The Hall–Kier alpha value is -3.17. The summed E-state index contributed by atoms with van der Waals surface area (Å²) < 4.78 is 8.70. The van der Waals surface area contributed by atoms with Gasteiger partial charge in [0.25, 0.3) is 0 Å². The fourth-order valence-electron chi connectivity index (χ4n) is 3.50. The van der Waals surface area contributed by atoms with Crippen molar-refractivity contribution in [1.29, 1.82) is 0 Å². The average Bonchev–Trinajstić information content (AvgIpc) is 3.14. The molecule has 0 aliphatic rings. The first-order valence-electron chi connectivity index (χ1n) is 9.46. The van der Waals surface area contributed by atoms with E-state index in [2.05, 4.69) is 47.4 Å². The maximum atomic E-state index is 5.76. The van der Waals surface area contributed by atoms with Crippen LogP contribution in [0.2, 0.25) is 0 Å². The van der Waals surface area contributed by atoms with Crippen LogP contribution in [0.15, 0.2) is 73.1 Å². The molecule has 5 nitrogen and oxygen atoms in total. The van der Waals surface area contributed by atoms with Crippen LogP contribution in [0.4, 0.5) is 0 Å². The molecule has 0 spiro atoms. The molecule has 3 heterocycles. The predicted octanol–water partition coefficient (Wildman–Crippen LogP) is 3.27. The SMILES string of the molecule is CCOc1nc(-c2ccc3ccc(-c4ccccc4)nc3c2)c2c([AsH2])nccn12. The Morgan fingerprint density at radius 1 is 0.966 bits per heavy atom. The summed E-state index contributed by atoms with van der Waals surface area (Å²) in [5.74, 6) is 0. The van der Waals surface area contributed by atoms with Gasteiger partial charge in [0.2, 0.25) is 0 Å². The van der Waals surface area contributed by atoms with Crippen molar-refractivity contribution in [3.63, 3.8) is 0 Å². The van der Waals surface area contributed by atoms with Crippen molar-refractivity contribution in [1.82, 2.24) is 19.4 Å². The zero-order valence-electron chi connectivity index (χ0n) is 15.9. The third-order valence-electron chi connectivity index (χ3n) is 4.86. The number of ether oxygens (including phenoxy) is 1. The fraction of sp³-hybridized carbons (Fsp3) is 0.0870. The zero-order chi connectivity index (χ0) is 19.8. The Balaban J connectivity index is 1.69. The number of fused-ring (bicyclic) bond motifs is 2. The second-order valence-electron chi connectivity index (χ2n) is 6.68. The van der Waals surface area contributed by atoms with E-state index in [4.69, 9.17) is 14.7 Å². The molecule has 2 aromatic carbocycles. The van der Waals surface area contributed by atoms with Crippen LogP contribution in [-0.2, 0) is 0 Å². The van der Waals surface area contributed by atoms with Gasteiger partial charge in [-0.1, -0.05) is 0 Å². The van der Waals surface area contributed by atoms with Gasteiger partial charge in [0.05, 0.1) is 0 Å². The van der Waals surface area contributed by atoms with Crippen LogP contribution in [-0.4, -0.2) is 42.8 Å². The van der Waals surface area contributed by atoms with Crippen LogP contribution >= 0.6 is 0 Å². The summed E-state index contributed by atoms with van der Waals surface area (Å²) in [5.41, 5.74) is 5.86. The molecule has 0 aliphatic heterocycles. The minimum absolute atomic E-state index is 0.560. The topological polar surface area (TPSA) is 52.3 Å². The number of pyridine rings is 1. The number of hydrogen-bond acceptors (Lipinski definition) is 4. The van der Waals surface area contributed by atoms with Gasteiger partial charge in [0.15, 0.2) is 0 Å². The van der Waals surface area contributed by atoms with Gasteiger partial charge in [-0.3, -0.25) is 0 Å². The Kier molecular flexibility index (Phi) is 4.53. The molecule has 0 amide bonds. The fourth-order valence-corrected chi connectivity index (χ4v) is 4.26. The number of aromatic nitrogens is 4. The number of imidazole rings is 1. The van der Waals surface area contributed by atoms with Gasteiger partial charge in [-0.15, -0.1) is 0 Å². The monoisotopic (exact) mass is 442 g/mol. The van der Waals surface area contributed by atoms with Gasteiger partial charge in [-0.25, -0.2) is 0 Å². The molecule has 6 heteroatoms. The quantitative estimate of drug-likeness (QED) is 0.401. The average molecular weight is 442 g/mol. The maximum absolute atomic E-state index is 5.76. The molecule has 0 bridgehead atoms. The Morgan fingerprint density at radius 2 is 1.79 bits per heavy atom. The van der Waals surface area contributed by atoms with E-state index in [1.807, 2.05) is 35.7 Å². The molecule has 1 unspecified atom stereocenters. The van der Waals surface area contributed by atoms with E-state index >= 15 is 0 Å².